The monoisotopic (exact) mass is 345 g/mol. The number of hydrogen-bond donors (Lipinski definition) is 1. The van der Waals surface area contributed by atoms with Gasteiger partial charge in [0.2, 0.25) is 0 Å². The lowest BCUT2D eigenvalue weighted by molar-refractivity contribution is 0.0672. The molecule has 128 valence electrons. The van der Waals surface area contributed by atoms with E-state index in [2.05, 4.69) is 18.0 Å². The second kappa shape index (κ2) is 7.03. The topological polar surface area (TPSA) is 90.3 Å². The first-order valence-electron chi connectivity index (χ1n) is 7.93. The average Bonchev–Trinajstić information content (AvgIpc) is 2.88. The zero-order valence-electron chi connectivity index (χ0n) is 13.9. The maximum absolute atomic E-state index is 12.4. The van der Waals surface area contributed by atoms with Gasteiger partial charge in [0.05, 0.1) is 23.6 Å². The van der Waals surface area contributed by atoms with Gasteiger partial charge < -0.3 is 5.32 Å². The van der Waals surface area contributed by atoms with Crippen LogP contribution in [0.25, 0.3) is 0 Å². The van der Waals surface area contributed by atoms with Crippen LogP contribution >= 0.6 is 0 Å². The minimum Gasteiger partial charge on any atom is -0.322 e. The molecule has 0 saturated heterocycles. The van der Waals surface area contributed by atoms with Gasteiger partial charge in [-0.25, -0.2) is 0 Å². The number of carbonyl (C=O) groups excluding carboxylic acids is 3. The Bertz CT molecular complexity index is 955. The quantitative estimate of drug-likeness (QED) is 0.666. The van der Waals surface area contributed by atoms with Crippen molar-refractivity contribution in [3.63, 3.8) is 0 Å². The summed E-state index contributed by atoms with van der Waals surface area (Å²) >= 11 is 0. The van der Waals surface area contributed by atoms with Crippen molar-refractivity contribution in [2.24, 2.45) is 0 Å². The molecule has 0 radical (unpaired) electrons. The van der Waals surface area contributed by atoms with E-state index in [4.69, 9.17) is 5.26 Å². The third-order valence-electron chi connectivity index (χ3n) is 4.04. The number of imide groups is 1. The third kappa shape index (κ3) is 3.10. The zero-order chi connectivity index (χ0) is 18.7. The molecule has 3 amide bonds. The van der Waals surface area contributed by atoms with Crippen molar-refractivity contribution < 1.29 is 14.4 Å². The molecule has 0 aromatic heterocycles. The molecule has 1 N–H and O–H groups in total. The molecule has 3 rings (SSSR count). The SMILES string of the molecule is C=CCN1C(=O)c2ccc(C(=O)Nc3ccc(CC#N)cc3)cc2C1=O. The van der Waals surface area contributed by atoms with E-state index >= 15 is 0 Å². The first kappa shape index (κ1) is 17.1. The molecule has 1 heterocycles. The van der Waals surface area contributed by atoms with E-state index < -0.39 is 5.91 Å². The molecule has 2 aromatic carbocycles. The molecule has 1 aliphatic rings. The Labute approximate surface area is 150 Å². The van der Waals surface area contributed by atoms with Gasteiger partial charge in [0.25, 0.3) is 17.7 Å². The van der Waals surface area contributed by atoms with E-state index in [0.717, 1.165) is 10.5 Å². The molecule has 6 nitrogen and oxygen atoms in total. The summed E-state index contributed by atoms with van der Waals surface area (Å²) in [5.41, 5.74) is 2.22. The Kier molecular flexibility index (Phi) is 4.63. The number of amides is 3. The van der Waals surface area contributed by atoms with Crippen LogP contribution in [0.4, 0.5) is 5.69 Å². The highest BCUT2D eigenvalue weighted by molar-refractivity contribution is 6.22. The number of nitriles is 1. The summed E-state index contributed by atoms with van der Waals surface area (Å²) in [6.07, 6.45) is 1.78. The van der Waals surface area contributed by atoms with Crippen molar-refractivity contribution >= 4 is 23.4 Å². The number of fused-ring (bicyclic) bond motifs is 1. The molecular weight excluding hydrogens is 330 g/mol. The predicted octanol–water partition coefficient (Wildman–Crippen LogP) is 2.79. The summed E-state index contributed by atoms with van der Waals surface area (Å²) in [6, 6.07) is 13.4. The highest BCUT2D eigenvalue weighted by atomic mass is 16.2. The van der Waals surface area contributed by atoms with Crippen molar-refractivity contribution in [2.45, 2.75) is 6.42 Å². The van der Waals surface area contributed by atoms with Gasteiger partial charge in [-0.05, 0) is 35.9 Å². The Morgan fingerprint density at radius 1 is 1.12 bits per heavy atom. The molecule has 26 heavy (non-hydrogen) atoms. The standard InChI is InChI=1S/C20H15N3O3/c1-2-11-23-19(25)16-8-5-14(12-17(16)20(23)26)18(24)22-15-6-3-13(4-7-15)9-10-21/h2-8,12H,1,9,11H2,(H,22,24). The normalized spacial score (nSPS) is 12.5. The van der Waals surface area contributed by atoms with E-state index in [1.807, 2.05) is 0 Å². The van der Waals surface area contributed by atoms with E-state index in [9.17, 15) is 14.4 Å². The molecule has 0 spiro atoms. The number of hydrogen-bond acceptors (Lipinski definition) is 4. The maximum Gasteiger partial charge on any atom is 0.261 e. The molecule has 0 saturated carbocycles. The van der Waals surface area contributed by atoms with Crippen molar-refractivity contribution in [1.82, 2.24) is 4.90 Å². The Balaban J connectivity index is 1.80. The zero-order valence-corrected chi connectivity index (χ0v) is 13.9. The smallest absolute Gasteiger partial charge is 0.261 e. The molecule has 0 atom stereocenters. The largest absolute Gasteiger partial charge is 0.322 e. The average molecular weight is 345 g/mol. The van der Waals surface area contributed by atoms with Crippen LogP contribution in [0.3, 0.4) is 0 Å². The fourth-order valence-electron chi connectivity index (χ4n) is 2.73. The molecule has 0 bridgehead atoms. The number of rotatable bonds is 5. The van der Waals surface area contributed by atoms with E-state index in [1.54, 1.807) is 24.3 Å². The molecule has 2 aromatic rings. The van der Waals surface area contributed by atoms with Gasteiger partial charge in [0.1, 0.15) is 0 Å². The minimum absolute atomic E-state index is 0.128. The van der Waals surface area contributed by atoms with Gasteiger partial charge in [0.15, 0.2) is 0 Å². The van der Waals surface area contributed by atoms with Crippen LogP contribution < -0.4 is 5.32 Å². The third-order valence-corrected chi connectivity index (χ3v) is 4.04. The van der Waals surface area contributed by atoms with E-state index in [1.165, 1.54) is 24.3 Å². The van der Waals surface area contributed by atoms with Crippen LogP contribution in [-0.4, -0.2) is 29.2 Å². The molecule has 0 aliphatic carbocycles. The van der Waals surface area contributed by atoms with Crippen LogP contribution in [0, 0.1) is 11.3 Å². The van der Waals surface area contributed by atoms with Crippen LogP contribution in [-0.2, 0) is 6.42 Å². The first-order chi connectivity index (χ1) is 12.5. The van der Waals surface area contributed by atoms with Gasteiger partial charge in [-0.15, -0.1) is 6.58 Å². The van der Waals surface area contributed by atoms with Crippen LogP contribution in [0.5, 0.6) is 0 Å². The molecule has 0 unspecified atom stereocenters. The van der Waals surface area contributed by atoms with Crippen molar-refractivity contribution in [3.8, 4) is 6.07 Å². The molecule has 6 heteroatoms. The predicted molar refractivity (Wildman–Crippen MR) is 95.7 cm³/mol. The van der Waals surface area contributed by atoms with Crippen molar-refractivity contribution in [3.05, 3.63) is 77.4 Å². The van der Waals surface area contributed by atoms with Gasteiger partial charge in [-0.1, -0.05) is 18.2 Å². The number of anilines is 1. The lowest BCUT2D eigenvalue weighted by Gasteiger charge is -2.09. The molecular formula is C20H15N3O3. The first-order valence-corrected chi connectivity index (χ1v) is 7.93. The summed E-state index contributed by atoms with van der Waals surface area (Å²) in [5.74, 6) is -1.20. The highest BCUT2D eigenvalue weighted by Crippen LogP contribution is 2.24. The Morgan fingerprint density at radius 3 is 2.46 bits per heavy atom. The van der Waals surface area contributed by atoms with Gasteiger partial charge in [-0.3, -0.25) is 19.3 Å². The Morgan fingerprint density at radius 2 is 1.81 bits per heavy atom. The maximum atomic E-state index is 12.4. The summed E-state index contributed by atoms with van der Waals surface area (Å²) in [7, 11) is 0. The summed E-state index contributed by atoms with van der Waals surface area (Å²) in [6.45, 7) is 3.67. The van der Waals surface area contributed by atoms with Crippen molar-refractivity contribution in [2.75, 3.05) is 11.9 Å². The lowest BCUT2D eigenvalue weighted by atomic mass is 10.1. The van der Waals surface area contributed by atoms with Crippen LogP contribution in [0.1, 0.15) is 36.6 Å². The van der Waals surface area contributed by atoms with Crippen molar-refractivity contribution in [1.29, 1.82) is 5.26 Å². The second-order valence-corrected chi connectivity index (χ2v) is 5.76. The highest BCUT2D eigenvalue weighted by Gasteiger charge is 2.35. The lowest BCUT2D eigenvalue weighted by Crippen LogP contribution is -2.29. The van der Waals surface area contributed by atoms with Crippen LogP contribution in [0.2, 0.25) is 0 Å². The van der Waals surface area contributed by atoms with Gasteiger partial charge in [0, 0.05) is 17.8 Å². The number of carbonyl (C=O) groups is 3. The number of nitrogens with zero attached hydrogens (tertiary/aromatic N) is 2. The fourth-order valence-corrected chi connectivity index (χ4v) is 2.73. The van der Waals surface area contributed by atoms with E-state index in [-0.39, 0.29) is 35.0 Å². The number of nitrogens with one attached hydrogen (secondary N) is 1. The number of benzene rings is 2. The minimum atomic E-state index is -0.430. The summed E-state index contributed by atoms with van der Waals surface area (Å²) in [4.78, 5) is 38.0. The van der Waals surface area contributed by atoms with Gasteiger partial charge >= 0.3 is 0 Å². The summed E-state index contributed by atoms with van der Waals surface area (Å²) < 4.78 is 0. The van der Waals surface area contributed by atoms with Gasteiger partial charge in [-0.2, -0.15) is 5.26 Å². The Hall–Kier alpha value is -3.72. The fraction of sp³-hybridized carbons (Fsp3) is 0.100. The van der Waals surface area contributed by atoms with Crippen LogP contribution in [0.15, 0.2) is 55.1 Å². The second-order valence-electron chi connectivity index (χ2n) is 5.76. The molecule has 0 fully saturated rings. The summed E-state index contributed by atoms with van der Waals surface area (Å²) in [5, 5.41) is 11.4. The molecule has 1 aliphatic heterocycles. The van der Waals surface area contributed by atoms with E-state index in [0.29, 0.717) is 12.1 Å².